The van der Waals surface area contributed by atoms with Gasteiger partial charge in [0.2, 0.25) is 0 Å². The minimum Gasteiger partial charge on any atom is -0.378 e. The second-order valence-corrected chi connectivity index (χ2v) is 7.06. The van der Waals surface area contributed by atoms with Crippen molar-refractivity contribution in [3.8, 4) is 0 Å². The van der Waals surface area contributed by atoms with Crippen LogP contribution in [0.15, 0.2) is 42.0 Å². The Labute approximate surface area is 128 Å². The Morgan fingerprint density at radius 3 is 2.33 bits per heavy atom. The van der Waals surface area contributed by atoms with E-state index < -0.39 is 0 Å². The van der Waals surface area contributed by atoms with Crippen molar-refractivity contribution >= 4 is 11.4 Å². The molecule has 1 N–H and O–H groups in total. The number of rotatable bonds is 3. The molecule has 0 aliphatic heterocycles. The number of allylic oxidation sites excluding steroid dienone is 4. The summed E-state index contributed by atoms with van der Waals surface area (Å²) in [5.41, 5.74) is 5.34. The molecule has 1 unspecified atom stereocenters. The van der Waals surface area contributed by atoms with Gasteiger partial charge < -0.3 is 10.3 Å². The van der Waals surface area contributed by atoms with Gasteiger partial charge in [-0.05, 0) is 24.6 Å². The summed E-state index contributed by atoms with van der Waals surface area (Å²) >= 11 is 0. The summed E-state index contributed by atoms with van der Waals surface area (Å²) in [4.78, 5) is 2.09. The summed E-state index contributed by atoms with van der Waals surface area (Å²) in [6.45, 7) is 8.48. The van der Waals surface area contributed by atoms with Crippen molar-refractivity contribution in [1.82, 2.24) is 0 Å². The van der Waals surface area contributed by atoms with Gasteiger partial charge in [-0.25, -0.2) is 0 Å². The molecule has 2 heteroatoms. The Hall–Kier alpha value is -1.83. The Morgan fingerprint density at radius 2 is 1.86 bits per heavy atom. The normalized spacial score (nSPS) is 17.8. The van der Waals surface area contributed by atoms with E-state index >= 15 is 0 Å². The molecule has 0 saturated heterocycles. The van der Waals surface area contributed by atoms with Gasteiger partial charge in [0.05, 0.1) is 0 Å². The van der Waals surface area contributed by atoms with Gasteiger partial charge in [-0.2, -0.15) is 0 Å². The minimum atomic E-state index is -0.153. The highest BCUT2D eigenvalue weighted by Crippen LogP contribution is 2.36. The van der Waals surface area contributed by atoms with Crippen LogP contribution in [0.4, 0.5) is 5.69 Å². The van der Waals surface area contributed by atoms with E-state index in [1.807, 2.05) is 14.1 Å². The van der Waals surface area contributed by atoms with Gasteiger partial charge in [0.1, 0.15) is 0 Å². The molecule has 2 nitrogen and oxygen atoms in total. The lowest BCUT2D eigenvalue weighted by Crippen LogP contribution is -2.23. The first-order valence-electron chi connectivity index (χ1n) is 7.47. The van der Waals surface area contributed by atoms with E-state index in [4.69, 9.17) is 5.41 Å². The second kappa shape index (κ2) is 5.51. The molecule has 1 aliphatic rings. The first-order valence-corrected chi connectivity index (χ1v) is 7.47. The summed E-state index contributed by atoms with van der Waals surface area (Å²) < 4.78 is 0. The van der Waals surface area contributed by atoms with Gasteiger partial charge >= 0.3 is 0 Å². The lowest BCUT2D eigenvalue weighted by molar-refractivity contribution is 0.588. The Bertz CT molecular complexity index is 613. The molecule has 0 aromatic heterocycles. The average molecular weight is 282 g/mol. The average Bonchev–Trinajstić information content (AvgIpc) is 2.82. The van der Waals surface area contributed by atoms with Crippen molar-refractivity contribution in [2.45, 2.75) is 33.6 Å². The van der Waals surface area contributed by atoms with E-state index in [1.54, 1.807) is 0 Å². The van der Waals surface area contributed by atoms with Crippen LogP contribution in [-0.4, -0.2) is 19.8 Å². The van der Waals surface area contributed by atoms with Crippen molar-refractivity contribution < 1.29 is 0 Å². The fourth-order valence-corrected chi connectivity index (χ4v) is 2.64. The lowest BCUT2D eigenvalue weighted by atomic mass is 9.80. The molecule has 1 aromatic carbocycles. The highest BCUT2D eigenvalue weighted by atomic mass is 15.1. The van der Waals surface area contributed by atoms with Crippen molar-refractivity contribution in [1.29, 1.82) is 5.41 Å². The number of benzene rings is 1. The fraction of sp³-hybridized carbons (Fsp3) is 0.421. The van der Waals surface area contributed by atoms with Crippen molar-refractivity contribution in [3.05, 3.63) is 53.1 Å². The van der Waals surface area contributed by atoms with Crippen LogP contribution in [0.5, 0.6) is 0 Å². The molecule has 0 bridgehead atoms. The SMILES string of the molecule is CC1=CC=CC1c1ccc(N(C)C)cc1C(=N)C(C)(C)C. The zero-order chi connectivity index (χ0) is 15.8. The summed E-state index contributed by atoms with van der Waals surface area (Å²) in [5.74, 6) is 0.305. The molecule has 0 spiro atoms. The summed E-state index contributed by atoms with van der Waals surface area (Å²) in [6.07, 6.45) is 6.50. The molecule has 0 amide bonds. The molecule has 0 fully saturated rings. The van der Waals surface area contributed by atoms with E-state index in [-0.39, 0.29) is 5.41 Å². The molecule has 1 aliphatic carbocycles. The predicted molar refractivity (Wildman–Crippen MR) is 92.7 cm³/mol. The Morgan fingerprint density at radius 1 is 1.19 bits per heavy atom. The molecule has 0 radical (unpaired) electrons. The topological polar surface area (TPSA) is 27.1 Å². The van der Waals surface area contributed by atoms with Crippen LogP contribution < -0.4 is 4.90 Å². The van der Waals surface area contributed by atoms with Crippen LogP contribution >= 0.6 is 0 Å². The summed E-state index contributed by atoms with van der Waals surface area (Å²) in [6, 6.07) is 6.49. The highest BCUT2D eigenvalue weighted by Gasteiger charge is 2.25. The van der Waals surface area contributed by atoms with Crippen LogP contribution in [0.2, 0.25) is 0 Å². The second-order valence-electron chi connectivity index (χ2n) is 7.06. The zero-order valence-corrected chi connectivity index (χ0v) is 14.0. The van der Waals surface area contributed by atoms with Crippen LogP contribution in [0.1, 0.15) is 44.7 Å². The van der Waals surface area contributed by atoms with Gasteiger partial charge in [-0.15, -0.1) is 0 Å². The number of hydrogen-bond acceptors (Lipinski definition) is 2. The van der Waals surface area contributed by atoms with Gasteiger partial charge in [0, 0.05) is 42.4 Å². The largest absolute Gasteiger partial charge is 0.378 e. The van der Waals surface area contributed by atoms with Crippen LogP contribution in [0.3, 0.4) is 0 Å². The third-order valence-corrected chi connectivity index (χ3v) is 4.06. The monoisotopic (exact) mass is 282 g/mol. The van der Waals surface area contributed by atoms with E-state index in [2.05, 4.69) is 69.0 Å². The summed E-state index contributed by atoms with van der Waals surface area (Å²) in [7, 11) is 4.08. The van der Waals surface area contributed by atoms with Gasteiger partial charge in [-0.3, -0.25) is 0 Å². The maximum Gasteiger partial charge on any atom is 0.0443 e. The fourth-order valence-electron chi connectivity index (χ4n) is 2.64. The maximum atomic E-state index is 8.63. The minimum absolute atomic E-state index is 0.153. The van der Waals surface area contributed by atoms with Crippen molar-refractivity contribution in [2.75, 3.05) is 19.0 Å². The third-order valence-electron chi connectivity index (χ3n) is 4.06. The molecule has 112 valence electrons. The standard InChI is InChI=1S/C19H26N2/c1-13-8-7-9-15(13)16-11-10-14(21(5)6)12-17(16)18(20)19(2,3)4/h7-12,15,20H,1-6H3. The van der Waals surface area contributed by atoms with Gasteiger partial charge in [0.25, 0.3) is 0 Å². The third kappa shape index (κ3) is 3.10. The molecule has 0 heterocycles. The number of hydrogen-bond donors (Lipinski definition) is 1. The van der Waals surface area contributed by atoms with Gasteiger partial charge in [0.15, 0.2) is 0 Å². The molecule has 1 atom stereocenters. The number of anilines is 1. The van der Waals surface area contributed by atoms with Crippen molar-refractivity contribution in [2.24, 2.45) is 5.41 Å². The van der Waals surface area contributed by atoms with Crippen molar-refractivity contribution in [3.63, 3.8) is 0 Å². The molecule has 0 saturated carbocycles. The lowest BCUT2D eigenvalue weighted by Gasteiger charge is -2.26. The smallest absolute Gasteiger partial charge is 0.0443 e. The van der Waals surface area contributed by atoms with E-state index in [9.17, 15) is 0 Å². The number of nitrogens with zero attached hydrogens (tertiary/aromatic N) is 1. The molecule has 2 rings (SSSR count). The van der Waals surface area contributed by atoms with Crippen LogP contribution in [0, 0.1) is 10.8 Å². The molecular weight excluding hydrogens is 256 g/mol. The highest BCUT2D eigenvalue weighted by molar-refractivity contribution is 6.04. The first-order chi connectivity index (χ1) is 9.71. The number of nitrogens with one attached hydrogen (secondary N) is 1. The van der Waals surface area contributed by atoms with E-state index in [0.717, 1.165) is 11.3 Å². The maximum absolute atomic E-state index is 8.63. The van der Waals surface area contributed by atoms with E-state index in [1.165, 1.54) is 11.1 Å². The Balaban J connectivity index is 2.57. The van der Waals surface area contributed by atoms with E-state index in [0.29, 0.717) is 11.6 Å². The quantitative estimate of drug-likeness (QED) is 0.795. The molecule has 1 aromatic rings. The first kappa shape index (κ1) is 15.6. The van der Waals surface area contributed by atoms with Gasteiger partial charge in [-0.1, -0.05) is 50.6 Å². The van der Waals surface area contributed by atoms with Crippen LogP contribution in [0.25, 0.3) is 0 Å². The Kier molecular flexibility index (Phi) is 4.08. The van der Waals surface area contributed by atoms with Crippen LogP contribution in [-0.2, 0) is 0 Å². The summed E-state index contributed by atoms with van der Waals surface area (Å²) in [5, 5.41) is 8.63. The molecule has 21 heavy (non-hydrogen) atoms. The zero-order valence-electron chi connectivity index (χ0n) is 14.0. The predicted octanol–water partition coefficient (Wildman–Crippen LogP) is 4.77. The molecular formula is C19H26N2.